The van der Waals surface area contributed by atoms with Gasteiger partial charge in [-0.2, -0.15) is 13.2 Å². The fourth-order valence-corrected chi connectivity index (χ4v) is 3.68. The highest BCUT2D eigenvalue weighted by atomic mass is 32.1. The van der Waals surface area contributed by atoms with Crippen LogP contribution in [0.4, 0.5) is 29.1 Å². The van der Waals surface area contributed by atoms with Crippen molar-refractivity contribution >= 4 is 56.5 Å². The number of hydrogen-bond donors (Lipinski definition) is 1. The van der Waals surface area contributed by atoms with E-state index in [1.54, 1.807) is 17.0 Å². The minimum Gasteiger partial charge on any atom is -0.298 e. The molecule has 0 unspecified atom stereocenters. The van der Waals surface area contributed by atoms with E-state index < -0.39 is 23.6 Å². The van der Waals surface area contributed by atoms with Gasteiger partial charge in [0.1, 0.15) is 0 Å². The number of amides is 2. The number of benzene rings is 1. The first kappa shape index (κ1) is 20.7. The number of carbonyl (C=O) groups excluding carboxylic acids is 2. The second-order valence-corrected chi connectivity index (χ2v) is 7.35. The Hall–Kier alpha value is -3.05. The molecule has 2 heterocycles. The largest absolute Gasteiger partial charge is 0.416 e. The molecule has 2 amide bonds. The molecule has 3 rings (SSSR count). The molecule has 1 aromatic carbocycles. The monoisotopic (exact) mass is 438 g/mol. The minimum atomic E-state index is -4.53. The summed E-state index contributed by atoms with van der Waals surface area (Å²) in [5.74, 6) is -0.897. The molecule has 6 nitrogen and oxygen atoms in total. The second kappa shape index (κ2) is 8.53. The summed E-state index contributed by atoms with van der Waals surface area (Å²) in [6, 6.07) is 4.44. The Labute approximate surface area is 171 Å². The number of halogens is 3. The summed E-state index contributed by atoms with van der Waals surface area (Å²) in [7, 11) is 0. The Morgan fingerprint density at radius 1 is 1.24 bits per heavy atom. The molecule has 11 heteroatoms. The van der Waals surface area contributed by atoms with Crippen LogP contribution in [-0.4, -0.2) is 21.8 Å². The van der Waals surface area contributed by atoms with E-state index in [0.717, 1.165) is 28.4 Å². The summed E-state index contributed by atoms with van der Waals surface area (Å²) in [4.78, 5) is 33.2. The maximum Gasteiger partial charge on any atom is 0.416 e. The third kappa shape index (κ3) is 5.27. The molecule has 0 atom stereocenters. The molecule has 0 aliphatic heterocycles. The highest BCUT2D eigenvalue weighted by Crippen LogP contribution is 2.35. The molecule has 29 heavy (non-hydrogen) atoms. The van der Waals surface area contributed by atoms with E-state index in [1.165, 1.54) is 42.5 Å². The van der Waals surface area contributed by atoms with Crippen molar-refractivity contribution in [3.05, 3.63) is 58.6 Å². The summed E-state index contributed by atoms with van der Waals surface area (Å²) in [6.45, 7) is 1.23. The van der Waals surface area contributed by atoms with Crippen molar-refractivity contribution in [1.29, 1.82) is 0 Å². The third-order valence-electron chi connectivity index (χ3n) is 3.52. The SMILES string of the molecule is CC(=O)N(c1cccc(C(F)(F)F)c1)c1nc(/C=C/C(=O)Nc2nccs2)cs1. The van der Waals surface area contributed by atoms with E-state index in [9.17, 15) is 22.8 Å². The van der Waals surface area contributed by atoms with Gasteiger partial charge in [0.2, 0.25) is 11.8 Å². The smallest absolute Gasteiger partial charge is 0.298 e. The fourth-order valence-electron chi connectivity index (χ4n) is 2.30. The van der Waals surface area contributed by atoms with Crippen LogP contribution in [0.15, 0.2) is 47.3 Å². The lowest BCUT2D eigenvalue weighted by Crippen LogP contribution is -2.23. The molecule has 1 N–H and O–H groups in total. The molecule has 0 fully saturated rings. The Morgan fingerprint density at radius 2 is 2.03 bits per heavy atom. The number of thiazole rings is 2. The van der Waals surface area contributed by atoms with Gasteiger partial charge in [-0.05, 0) is 24.3 Å². The van der Waals surface area contributed by atoms with Crippen molar-refractivity contribution in [2.45, 2.75) is 13.1 Å². The highest BCUT2D eigenvalue weighted by molar-refractivity contribution is 7.14. The molecule has 0 saturated carbocycles. The first-order valence-corrected chi connectivity index (χ1v) is 9.82. The van der Waals surface area contributed by atoms with Crippen molar-refractivity contribution in [2.75, 3.05) is 10.2 Å². The predicted molar refractivity (Wildman–Crippen MR) is 106 cm³/mol. The van der Waals surface area contributed by atoms with Gasteiger partial charge in [0.15, 0.2) is 10.3 Å². The summed E-state index contributed by atoms with van der Waals surface area (Å²) < 4.78 is 39.0. The van der Waals surface area contributed by atoms with E-state index in [2.05, 4.69) is 15.3 Å². The molecule has 0 aliphatic carbocycles. The van der Waals surface area contributed by atoms with Gasteiger partial charge >= 0.3 is 6.18 Å². The van der Waals surface area contributed by atoms with Crippen molar-refractivity contribution in [3.8, 4) is 0 Å². The molecule has 0 bridgehead atoms. The fraction of sp³-hybridized carbons (Fsp3) is 0.111. The predicted octanol–water partition coefficient (Wildman–Crippen LogP) is 4.95. The number of hydrogen-bond acceptors (Lipinski definition) is 6. The minimum absolute atomic E-state index is 0.0544. The zero-order valence-electron chi connectivity index (χ0n) is 14.8. The van der Waals surface area contributed by atoms with E-state index >= 15 is 0 Å². The Bertz CT molecular complexity index is 1050. The van der Waals surface area contributed by atoms with E-state index in [0.29, 0.717) is 10.8 Å². The highest BCUT2D eigenvalue weighted by Gasteiger charge is 2.31. The quantitative estimate of drug-likeness (QED) is 0.572. The maximum absolute atomic E-state index is 13.0. The van der Waals surface area contributed by atoms with Gasteiger partial charge < -0.3 is 0 Å². The molecule has 3 aromatic rings. The molecular weight excluding hydrogens is 425 g/mol. The standard InChI is InChI=1S/C18H13F3N4O2S2/c1-11(26)25(14-4-2-3-12(9-14)18(19,20)21)17-23-13(10-29-17)5-6-15(27)24-16-22-7-8-28-16/h2-10H,1H3,(H,22,24,27)/b6-5+. The maximum atomic E-state index is 13.0. The first-order chi connectivity index (χ1) is 13.7. The average molecular weight is 438 g/mol. The lowest BCUT2D eigenvalue weighted by Gasteiger charge is -2.19. The normalized spacial score (nSPS) is 11.6. The molecule has 0 aliphatic rings. The zero-order valence-corrected chi connectivity index (χ0v) is 16.4. The number of alkyl halides is 3. The van der Waals surface area contributed by atoms with Crippen molar-refractivity contribution in [2.24, 2.45) is 0 Å². The molecule has 2 aromatic heterocycles. The zero-order chi connectivity index (χ0) is 21.0. The van der Waals surface area contributed by atoms with Gasteiger partial charge in [-0.3, -0.25) is 19.8 Å². The van der Waals surface area contributed by atoms with Gasteiger partial charge in [0, 0.05) is 30.0 Å². The van der Waals surface area contributed by atoms with Crippen LogP contribution >= 0.6 is 22.7 Å². The summed E-state index contributed by atoms with van der Waals surface area (Å²) in [6.07, 6.45) is -0.281. The number of carbonyl (C=O) groups is 2. The van der Waals surface area contributed by atoms with Crippen molar-refractivity contribution < 1.29 is 22.8 Å². The summed E-state index contributed by atoms with van der Waals surface area (Å²) in [5, 5.41) is 6.52. The molecule has 150 valence electrons. The summed E-state index contributed by atoms with van der Waals surface area (Å²) >= 11 is 2.34. The van der Waals surface area contributed by atoms with Crippen LogP contribution in [0.1, 0.15) is 18.2 Å². The topological polar surface area (TPSA) is 75.2 Å². The van der Waals surface area contributed by atoms with E-state index in [-0.39, 0.29) is 10.8 Å². The summed E-state index contributed by atoms with van der Waals surface area (Å²) in [5.41, 5.74) is -0.423. The number of nitrogens with zero attached hydrogens (tertiary/aromatic N) is 3. The first-order valence-electron chi connectivity index (χ1n) is 8.06. The number of nitrogens with one attached hydrogen (secondary N) is 1. The lowest BCUT2D eigenvalue weighted by atomic mass is 10.2. The van der Waals surface area contributed by atoms with Crippen molar-refractivity contribution in [1.82, 2.24) is 9.97 Å². The lowest BCUT2D eigenvalue weighted by molar-refractivity contribution is -0.137. The van der Waals surface area contributed by atoms with Crippen LogP contribution in [-0.2, 0) is 15.8 Å². The van der Waals surface area contributed by atoms with Crippen LogP contribution in [0.2, 0.25) is 0 Å². The van der Waals surface area contributed by atoms with Crippen LogP contribution in [0.5, 0.6) is 0 Å². The van der Waals surface area contributed by atoms with Gasteiger partial charge in [-0.25, -0.2) is 9.97 Å². The van der Waals surface area contributed by atoms with Crippen LogP contribution in [0.25, 0.3) is 6.08 Å². The van der Waals surface area contributed by atoms with E-state index in [4.69, 9.17) is 0 Å². The molecule has 0 spiro atoms. The van der Waals surface area contributed by atoms with E-state index in [1.807, 2.05) is 0 Å². The number of aromatic nitrogens is 2. The molecule has 0 saturated heterocycles. The van der Waals surface area contributed by atoms with Gasteiger partial charge in [-0.15, -0.1) is 22.7 Å². The van der Waals surface area contributed by atoms with Crippen LogP contribution in [0.3, 0.4) is 0 Å². The number of rotatable bonds is 5. The number of anilines is 3. The Kier molecular flexibility index (Phi) is 6.09. The van der Waals surface area contributed by atoms with Gasteiger partial charge in [0.25, 0.3) is 0 Å². The molecule has 0 radical (unpaired) electrons. The second-order valence-electron chi connectivity index (χ2n) is 5.62. The van der Waals surface area contributed by atoms with Crippen molar-refractivity contribution in [3.63, 3.8) is 0 Å². The van der Waals surface area contributed by atoms with Crippen LogP contribution in [0, 0.1) is 0 Å². The Balaban J connectivity index is 1.80. The van der Waals surface area contributed by atoms with Crippen LogP contribution < -0.4 is 10.2 Å². The van der Waals surface area contributed by atoms with Gasteiger partial charge in [0.05, 0.1) is 16.9 Å². The molecular formula is C18H13F3N4O2S2. The third-order valence-corrected chi connectivity index (χ3v) is 5.05. The average Bonchev–Trinajstić information content (AvgIpc) is 3.32. The van der Waals surface area contributed by atoms with Gasteiger partial charge in [-0.1, -0.05) is 6.07 Å². The Morgan fingerprint density at radius 3 is 2.69 bits per heavy atom.